The molecule has 1 N–H and O–H groups in total. The van der Waals surface area contributed by atoms with Crippen LogP contribution in [0.2, 0.25) is 10.2 Å². The highest BCUT2D eigenvalue weighted by atomic mass is 35.5. The van der Waals surface area contributed by atoms with Gasteiger partial charge in [-0.1, -0.05) is 41.4 Å². The Bertz CT molecular complexity index is 1180. The third kappa shape index (κ3) is 5.59. The fraction of sp³-hybridized carbons (Fsp3) is 0.182. The molecule has 11 heteroatoms. The Labute approximate surface area is 194 Å². The van der Waals surface area contributed by atoms with Crippen molar-refractivity contribution in [1.29, 1.82) is 0 Å². The molecule has 0 bridgehead atoms. The summed E-state index contributed by atoms with van der Waals surface area (Å²) >= 11 is 12.3. The van der Waals surface area contributed by atoms with Crippen molar-refractivity contribution in [1.82, 2.24) is 10.3 Å². The van der Waals surface area contributed by atoms with Crippen molar-refractivity contribution in [2.75, 3.05) is 7.05 Å². The maximum absolute atomic E-state index is 13.2. The highest BCUT2D eigenvalue weighted by Crippen LogP contribution is 2.38. The minimum atomic E-state index is -5.01. The van der Waals surface area contributed by atoms with Crippen molar-refractivity contribution in [2.24, 2.45) is 0 Å². The maximum Gasteiger partial charge on any atom is 0.416 e. The molecular formula is C22H14Cl2F6N2O. The van der Waals surface area contributed by atoms with Crippen LogP contribution in [0.3, 0.4) is 0 Å². The minimum absolute atomic E-state index is 0.0315. The number of rotatable bonds is 4. The molecule has 1 aromatic heterocycles. The highest BCUT2D eigenvalue weighted by molar-refractivity contribution is 6.34. The van der Waals surface area contributed by atoms with Crippen molar-refractivity contribution >= 4 is 29.1 Å². The first-order valence-corrected chi connectivity index (χ1v) is 10.0. The molecule has 0 saturated heterocycles. The van der Waals surface area contributed by atoms with Gasteiger partial charge in [-0.05, 0) is 35.9 Å². The summed E-state index contributed by atoms with van der Waals surface area (Å²) in [5.41, 5.74) is -2.84. The van der Waals surface area contributed by atoms with Crippen molar-refractivity contribution < 1.29 is 31.1 Å². The summed E-state index contributed by atoms with van der Waals surface area (Å²) in [6, 6.07) is 8.99. The van der Waals surface area contributed by atoms with Crippen LogP contribution in [-0.4, -0.2) is 17.9 Å². The second-order valence-corrected chi connectivity index (χ2v) is 7.76. The molecule has 2 aromatic carbocycles. The standard InChI is InChI=1S/C22H14Cl2F6N2O/c1-31-20(33)19-15(14-4-2-3-5-16(14)23)10-18(24)32-17(19)8-11-6-12(21(25,26)27)9-13(7-11)22(28,29)30/h2-7,9-10H,8H2,1H3,(H,31,33). The van der Waals surface area contributed by atoms with E-state index in [4.69, 9.17) is 23.2 Å². The van der Waals surface area contributed by atoms with E-state index >= 15 is 0 Å². The van der Waals surface area contributed by atoms with Crippen LogP contribution >= 0.6 is 23.2 Å². The summed E-state index contributed by atoms with van der Waals surface area (Å²) in [4.78, 5) is 16.7. The quantitative estimate of drug-likeness (QED) is 0.304. The number of nitrogens with zero attached hydrogens (tertiary/aromatic N) is 1. The summed E-state index contributed by atoms with van der Waals surface area (Å²) < 4.78 is 79.5. The summed E-state index contributed by atoms with van der Waals surface area (Å²) in [5, 5.41) is 2.55. The molecule has 0 unspecified atom stereocenters. The molecule has 3 nitrogen and oxygen atoms in total. The lowest BCUT2D eigenvalue weighted by molar-refractivity contribution is -0.143. The van der Waals surface area contributed by atoms with Gasteiger partial charge in [0.1, 0.15) is 5.15 Å². The van der Waals surface area contributed by atoms with Crippen molar-refractivity contribution in [2.45, 2.75) is 18.8 Å². The van der Waals surface area contributed by atoms with Gasteiger partial charge in [0.25, 0.3) is 5.91 Å². The van der Waals surface area contributed by atoms with Crippen LogP contribution in [0.1, 0.15) is 32.7 Å². The van der Waals surface area contributed by atoms with E-state index in [2.05, 4.69) is 10.3 Å². The maximum atomic E-state index is 13.2. The van der Waals surface area contributed by atoms with Gasteiger partial charge in [-0.15, -0.1) is 0 Å². The first kappa shape index (κ1) is 24.9. The molecule has 0 aliphatic rings. The summed E-state index contributed by atoms with van der Waals surface area (Å²) in [7, 11) is 1.32. The first-order chi connectivity index (χ1) is 15.3. The zero-order chi connectivity index (χ0) is 24.6. The molecular weight excluding hydrogens is 493 g/mol. The molecule has 0 fully saturated rings. The predicted molar refractivity (Wildman–Crippen MR) is 112 cm³/mol. The van der Waals surface area contributed by atoms with Crippen LogP contribution in [0.25, 0.3) is 11.1 Å². The molecule has 3 aromatic rings. The summed E-state index contributed by atoms with van der Waals surface area (Å²) in [5.74, 6) is -0.660. The average molecular weight is 507 g/mol. The smallest absolute Gasteiger partial charge is 0.355 e. The minimum Gasteiger partial charge on any atom is -0.355 e. The van der Waals surface area contributed by atoms with Gasteiger partial charge in [-0.3, -0.25) is 4.79 Å². The molecule has 0 aliphatic carbocycles. The number of hydrogen-bond donors (Lipinski definition) is 1. The number of alkyl halides is 6. The average Bonchev–Trinajstić information content (AvgIpc) is 2.71. The fourth-order valence-electron chi connectivity index (χ4n) is 3.28. The number of amides is 1. The lowest BCUT2D eigenvalue weighted by Gasteiger charge is -2.17. The van der Waals surface area contributed by atoms with Gasteiger partial charge < -0.3 is 5.32 Å². The number of nitrogens with one attached hydrogen (secondary N) is 1. The number of aromatic nitrogens is 1. The Morgan fingerprint density at radius 3 is 2.00 bits per heavy atom. The normalized spacial score (nSPS) is 12.0. The third-order valence-corrected chi connectivity index (χ3v) is 5.22. The largest absolute Gasteiger partial charge is 0.416 e. The fourth-order valence-corrected chi connectivity index (χ4v) is 3.73. The second-order valence-electron chi connectivity index (χ2n) is 6.96. The third-order valence-electron chi connectivity index (χ3n) is 4.70. The van der Waals surface area contributed by atoms with Crippen molar-refractivity contribution in [3.05, 3.63) is 86.7 Å². The van der Waals surface area contributed by atoms with Crippen LogP contribution in [0, 0.1) is 0 Å². The molecule has 0 saturated carbocycles. The van der Waals surface area contributed by atoms with E-state index in [9.17, 15) is 31.1 Å². The van der Waals surface area contributed by atoms with Gasteiger partial charge in [0, 0.05) is 29.6 Å². The van der Waals surface area contributed by atoms with E-state index in [1.54, 1.807) is 24.3 Å². The first-order valence-electron chi connectivity index (χ1n) is 9.26. The molecule has 0 radical (unpaired) electrons. The Morgan fingerprint density at radius 2 is 1.48 bits per heavy atom. The van der Waals surface area contributed by atoms with E-state index in [1.165, 1.54) is 13.1 Å². The molecule has 0 spiro atoms. The Hall–Kier alpha value is -2.78. The highest BCUT2D eigenvalue weighted by Gasteiger charge is 2.37. The van der Waals surface area contributed by atoms with Gasteiger partial charge in [0.15, 0.2) is 0 Å². The van der Waals surface area contributed by atoms with Gasteiger partial charge >= 0.3 is 12.4 Å². The van der Waals surface area contributed by atoms with Crippen molar-refractivity contribution in [3.63, 3.8) is 0 Å². The topological polar surface area (TPSA) is 42.0 Å². The lowest BCUT2D eigenvalue weighted by Crippen LogP contribution is -2.22. The number of carbonyl (C=O) groups is 1. The number of carbonyl (C=O) groups excluding carboxylic acids is 1. The van der Waals surface area contributed by atoms with Crippen LogP contribution < -0.4 is 5.32 Å². The van der Waals surface area contributed by atoms with E-state index in [1.807, 2.05) is 0 Å². The van der Waals surface area contributed by atoms with Crippen LogP contribution in [0.15, 0.2) is 48.5 Å². The summed E-state index contributed by atoms with van der Waals surface area (Å²) in [6.07, 6.45) is -10.5. The SMILES string of the molecule is CNC(=O)c1c(-c2ccccc2Cl)cc(Cl)nc1Cc1cc(C(F)(F)F)cc(C(F)(F)F)c1. The van der Waals surface area contributed by atoms with E-state index in [-0.39, 0.29) is 38.6 Å². The molecule has 33 heavy (non-hydrogen) atoms. The monoisotopic (exact) mass is 506 g/mol. The van der Waals surface area contributed by atoms with Crippen LogP contribution in [0.5, 0.6) is 0 Å². The zero-order valence-corrected chi connectivity index (χ0v) is 18.2. The Morgan fingerprint density at radius 1 is 0.909 bits per heavy atom. The van der Waals surface area contributed by atoms with Crippen molar-refractivity contribution in [3.8, 4) is 11.1 Å². The number of halogens is 8. The van der Waals surface area contributed by atoms with Crippen LogP contribution in [0.4, 0.5) is 26.3 Å². The number of pyridine rings is 1. The summed E-state index contributed by atoms with van der Waals surface area (Å²) in [6.45, 7) is 0. The van der Waals surface area contributed by atoms with Gasteiger partial charge in [0.05, 0.1) is 22.4 Å². The lowest BCUT2D eigenvalue weighted by atomic mass is 9.94. The zero-order valence-electron chi connectivity index (χ0n) is 16.7. The van der Waals surface area contributed by atoms with Gasteiger partial charge in [-0.2, -0.15) is 26.3 Å². The molecule has 1 heterocycles. The van der Waals surface area contributed by atoms with Gasteiger partial charge in [0.2, 0.25) is 0 Å². The second kappa shape index (κ2) is 9.23. The predicted octanol–water partition coefficient (Wildman–Crippen LogP) is 7.04. The van der Waals surface area contributed by atoms with Crippen LogP contribution in [-0.2, 0) is 18.8 Å². The molecule has 0 aliphatic heterocycles. The van der Waals surface area contributed by atoms with Gasteiger partial charge in [-0.25, -0.2) is 4.98 Å². The molecule has 1 amide bonds. The Balaban J connectivity index is 2.24. The van der Waals surface area contributed by atoms with E-state index in [0.29, 0.717) is 17.7 Å². The molecule has 3 rings (SSSR count). The Kier molecular flexibility index (Phi) is 6.95. The van der Waals surface area contributed by atoms with E-state index in [0.717, 1.165) is 0 Å². The van der Waals surface area contributed by atoms with E-state index < -0.39 is 35.8 Å². The molecule has 0 atom stereocenters. The number of hydrogen-bond acceptors (Lipinski definition) is 2. The molecule has 174 valence electrons. The number of benzene rings is 2.